The molecule has 2 rings (SSSR count). The molecule has 0 heterocycles. The number of nitrogen functional groups attached to an aromatic ring is 1. The van der Waals surface area contributed by atoms with Crippen LogP contribution in [0.4, 0.5) is 5.69 Å². The average Bonchev–Trinajstić information content (AvgIpc) is 2.48. The first-order chi connectivity index (χ1) is 9.99. The topological polar surface area (TPSA) is 92.4 Å². The van der Waals surface area contributed by atoms with E-state index in [1.54, 1.807) is 42.5 Å². The van der Waals surface area contributed by atoms with Crippen LogP contribution >= 0.6 is 15.9 Å². The summed E-state index contributed by atoms with van der Waals surface area (Å²) in [5.74, 6) is -1.62. The molecule has 1 amide bonds. The number of benzene rings is 2. The minimum absolute atomic E-state index is 0.304. The fraction of sp³-hybridized carbons (Fsp3) is 0.0667. The van der Waals surface area contributed by atoms with Gasteiger partial charge in [-0.15, -0.1) is 0 Å². The highest BCUT2D eigenvalue weighted by Crippen LogP contribution is 2.21. The SMILES string of the molecule is Nc1cc(C(=O)N[C@H](C(=O)O)c2ccccc2)ccc1Br. The van der Waals surface area contributed by atoms with Crippen LogP contribution in [0.15, 0.2) is 53.0 Å². The molecule has 0 spiro atoms. The van der Waals surface area contributed by atoms with Crippen LogP contribution in [0, 0.1) is 0 Å². The lowest BCUT2D eigenvalue weighted by Gasteiger charge is -2.15. The lowest BCUT2D eigenvalue weighted by molar-refractivity contribution is -0.139. The van der Waals surface area contributed by atoms with Crippen molar-refractivity contribution < 1.29 is 14.7 Å². The third-order valence-electron chi connectivity index (χ3n) is 2.91. The Labute approximate surface area is 129 Å². The average molecular weight is 349 g/mol. The first-order valence-corrected chi connectivity index (χ1v) is 6.92. The molecule has 0 saturated heterocycles. The maximum Gasteiger partial charge on any atom is 0.330 e. The van der Waals surface area contributed by atoms with E-state index in [1.165, 1.54) is 6.07 Å². The molecule has 0 radical (unpaired) electrons. The number of halogens is 1. The summed E-state index contributed by atoms with van der Waals surface area (Å²) in [6.45, 7) is 0. The van der Waals surface area contributed by atoms with Gasteiger partial charge in [0.05, 0.1) is 0 Å². The van der Waals surface area contributed by atoms with E-state index in [-0.39, 0.29) is 0 Å². The largest absolute Gasteiger partial charge is 0.479 e. The lowest BCUT2D eigenvalue weighted by atomic mass is 10.1. The Hall–Kier alpha value is -2.34. The molecule has 4 N–H and O–H groups in total. The van der Waals surface area contributed by atoms with Crippen LogP contribution in [0.25, 0.3) is 0 Å². The van der Waals surface area contributed by atoms with Crippen LogP contribution in [0.5, 0.6) is 0 Å². The molecule has 21 heavy (non-hydrogen) atoms. The third-order valence-corrected chi connectivity index (χ3v) is 3.64. The standard InChI is InChI=1S/C15H13BrN2O3/c16-11-7-6-10(8-12(11)17)14(19)18-13(15(20)21)9-4-2-1-3-5-9/h1-8,13H,17H2,(H,18,19)(H,20,21)/t13-/m0/s1. The van der Waals surface area contributed by atoms with Gasteiger partial charge in [0.25, 0.3) is 5.91 Å². The van der Waals surface area contributed by atoms with Gasteiger partial charge in [-0.05, 0) is 39.7 Å². The number of aliphatic carboxylic acids is 1. The molecule has 0 fully saturated rings. The van der Waals surface area contributed by atoms with E-state index in [0.29, 0.717) is 21.3 Å². The molecule has 0 aliphatic rings. The predicted molar refractivity (Wildman–Crippen MR) is 82.8 cm³/mol. The maximum absolute atomic E-state index is 12.2. The molecule has 108 valence electrons. The molecule has 0 saturated carbocycles. The van der Waals surface area contributed by atoms with Crippen molar-refractivity contribution in [3.63, 3.8) is 0 Å². The highest BCUT2D eigenvalue weighted by molar-refractivity contribution is 9.10. The second kappa shape index (κ2) is 6.41. The molecule has 5 nitrogen and oxygen atoms in total. The molecular weight excluding hydrogens is 336 g/mol. The number of anilines is 1. The second-order valence-electron chi connectivity index (χ2n) is 4.39. The first-order valence-electron chi connectivity index (χ1n) is 6.12. The normalized spacial score (nSPS) is 11.7. The zero-order valence-electron chi connectivity index (χ0n) is 10.9. The Bertz CT molecular complexity index is 674. The zero-order chi connectivity index (χ0) is 15.4. The van der Waals surface area contributed by atoms with Crippen molar-refractivity contribution in [3.05, 3.63) is 64.1 Å². The monoisotopic (exact) mass is 348 g/mol. The van der Waals surface area contributed by atoms with E-state index in [9.17, 15) is 14.7 Å². The Morgan fingerprint density at radius 1 is 1.14 bits per heavy atom. The van der Waals surface area contributed by atoms with Gasteiger partial charge in [-0.3, -0.25) is 4.79 Å². The van der Waals surface area contributed by atoms with E-state index < -0.39 is 17.9 Å². The number of carboxylic acid groups (broad SMARTS) is 1. The minimum atomic E-state index is -1.13. The molecule has 0 aromatic heterocycles. The van der Waals surface area contributed by atoms with Gasteiger partial charge in [0.2, 0.25) is 0 Å². The van der Waals surface area contributed by atoms with E-state index >= 15 is 0 Å². The number of hydrogen-bond acceptors (Lipinski definition) is 3. The van der Waals surface area contributed by atoms with Crippen LogP contribution in [0.1, 0.15) is 22.0 Å². The zero-order valence-corrected chi connectivity index (χ0v) is 12.5. The van der Waals surface area contributed by atoms with Gasteiger partial charge >= 0.3 is 5.97 Å². The number of nitrogens with two attached hydrogens (primary N) is 1. The number of carbonyl (C=O) groups excluding carboxylic acids is 1. The van der Waals surface area contributed by atoms with E-state index in [0.717, 1.165) is 0 Å². The van der Waals surface area contributed by atoms with Crippen molar-refractivity contribution in [3.8, 4) is 0 Å². The number of nitrogens with one attached hydrogen (secondary N) is 1. The summed E-state index contributed by atoms with van der Waals surface area (Å²) in [5, 5.41) is 11.8. The summed E-state index contributed by atoms with van der Waals surface area (Å²) < 4.78 is 0.678. The van der Waals surface area contributed by atoms with E-state index in [2.05, 4.69) is 21.2 Å². The van der Waals surface area contributed by atoms with Crippen LogP contribution in [0.3, 0.4) is 0 Å². The fourth-order valence-electron chi connectivity index (χ4n) is 1.83. The van der Waals surface area contributed by atoms with Gasteiger partial charge in [0, 0.05) is 15.7 Å². The van der Waals surface area contributed by atoms with Gasteiger partial charge < -0.3 is 16.2 Å². The molecule has 0 bridgehead atoms. The summed E-state index contributed by atoms with van der Waals surface area (Å²) in [6.07, 6.45) is 0. The van der Waals surface area contributed by atoms with Crippen molar-refractivity contribution in [2.24, 2.45) is 0 Å². The smallest absolute Gasteiger partial charge is 0.330 e. The number of carbonyl (C=O) groups is 2. The number of amides is 1. The van der Waals surface area contributed by atoms with Crippen molar-refractivity contribution in [2.45, 2.75) is 6.04 Å². The Kier molecular flexibility index (Phi) is 4.59. The van der Waals surface area contributed by atoms with Gasteiger partial charge in [-0.2, -0.15) is 0 Å². The molecule has 0 aliphatic heterocycles. The summed E-state index contributed by atoms with van der Waals surface area (Å²) in [7, 11) is 0. The van der Waals surface area contributed by atoms with Gasteiger partial charge in [0.1, 0.15) is 0 Å². The first kappa shape index (κ1) is 15.1. The van der Waals surface area contributed by atoms with Crippen LogP contribution in [-0.4, -0.2) is 17.0 Å². The summed E-state index contributed by atoms with van der Waals surface area (Å²) >= 11 is 3.24. The summed E-state index contributed by atoms with van der Waals surface area (Å²) in [6, 6.07) is 12.1. The Morgan fingerprint density at radius 2 is 1.81 bits per heavy atom. The second-order valence-corrected chi connectivity index (χ2v) is 5.25. The molecule has 1 atom stereocenters. The number of hydrogen-bond donors (Lipinski definition) is 3. The molecule has 2 aromatic carbocycles. The van der Waals surface area contributed by atoms with E-state index in [4.69, 9.17) is 5.73 Å². The van der Waals surface area contributed by atoms with Gasteiger partial charge in [-0.1, -0.05) is 30.3 Å². The number of carboxylic acids is 1. The van der Waals surface area contributed by atoms with Crippen LogP contribution in [0.2, 0.25) is 0 Å². The van der Waals surface area contributed by atoms with Crippen molar-refractivity contribution in [1.29, 1.82) is 0 Å². The van der Waals surface area contributed by atoms with Crippen LogP contribution in [-0.2, 0) is 4.79 Å². The minimum Gasteiger partial charge on any atom is -0.479 e. The highest BCUT2D eigenvalue weighted by Gasteiger charge is 2.22. The summed E-state index contributed by atoms with van der Waals surface area (Å²) in [5.41, 5.74) is 6.94. The Balaban J connectivity index is 2.23. The maximum atomic E-state index is 12.2. The third kappa shape index (κ3) is 3.61. The summed E-state index contributed by atoms with van der Waals surface area (Å²) in [4.78, 5) is 23.5. The van der Waals surface area contributed by atoms with Gasteiger partial charge in [-0.25, -0.2) is 4.79 Å². The van der Waals surface area contributed by atoms with Crippen LogP contribution < -0.4 is 11.1 Å². The molecule has 6 heteroatoms. The quantitative estimate of drug-likeness (QED) is 0.740. The fourth-order valence-corrected chi connectivity index (χ4v) is 2.08. The molecule has 0 aliphatic carbocycles. The number of rotatable bonds is 4. The predicted octanol–water partition coefficient (Wildman–Crippen LogP) is 2.59. The lowest BCUT2D eigenvalue weighted by Crippen LogP contribution is -2.33. The molecular formula is C15H13BrN2O3. The van der Waals surface area contributed by atoms with Crippen molar-refractivity contribution >= 4 is 33.5 Å². The molecule has 0 unspecified atom stereocenters. The van der Waals surface area contributed by atoms with E-state index in [1.807, 2.05) is 0 Å². The van der Waals surface area contributed by atoms with Crippen molar-refractivity contribution in [2.75, 3.05) is 5.73 Å². The van der Waals surface area contributed by atoms with Gasteiger partial charge in [0.15, 0.2) is 6.04 Å². The molecule has 2 aromatic rings. The highest BCUT2D eigenvalue weighted by atomic mass is 79.9. The van der Waals surface area contributed by atoms with Crippen molar-refractivity contribution in [1.82, 2.24) is 5.32 Å². The Morgan fingerprint density at radius 3 is 2.38 bits per heavy atom.